The van der Waals surface area contributed by atoms with Crippen LogP contribution in [0.2, 0.25) is 0 Å². The van der Waals surface area contributed by atoms with Crippen LogP contribution in [0.5, 0.6) is 0 Å². The molecule has 0 saturated heterocycles. The Hall–Kier alpha value is -1.55. The minimum absolute atomic E-state index is 0.750. The van der Waals surface area contributed by atoms with E-state index in [0.29, 0.717) is 0 Å². The summed E-state index contributed by atoms with van der Waals surface area (Å²) in [6.07, 6.45) is 1.81. The molecule has 2 rings (SSSR count). The van der Waals surface area contributed by atoms with Gasteiger partial charge in [0, 0.05) is 23.0 Å². The van der Waals surface area contributed by atoms with Crippen molar-refractivity contribution in [3.8, 4) is 0 Å². The van der Waals surface area contributed by atoms with Gasteiger partial charge >= 0.3 is 0 Å². The molecular weight excluding hydrogens is 206 g/mol. The first kappa shape index (κ1) is 9.98. The monoisotopic (exact) mass is 219 g/mol. The van der Waals surface area contributed by atoms with E-state index < -0.39 is 0 Å². The van der Waals surface area contributed by atoms with Gasteiger partial charge < -0.3 is 11.1 Å². The van der Waals surface area contributed by atoms with E-state index in [9.17, 15) is 0 Å². The molecule has 0 atom stereocenters. The first-order valence-electron chi connectivity index (χ1n) is 4.74. The van der Waals surface area contributed by atoms with E-state index in [-0.39, 0.29) is 0 Å². The summed E-state index contributed by atoms with van der Waals surface area (Å²) < 4.78 is 0. The average molecular weight is 219 g/mol. The molecule has 0 radical (unpaired) electrons. The van der Waals surface area contributed by atoms with Gasteiger partial charge in [0.25, 0.3) is 0 Å². The van der Waals surface area contributed by atoms with Gasteiger partial charge in [-0.05, 0) is 24.6 Å². The molecule has 1 aromatic carbocycles. The summed E-state index contributed by atoms with van der Waals surface area (Å²) in [6, 6.07) is 5.99. The molecule has 0 amide bonds. The third-order valence-electron chi connectivity index (χ3n) is 2.21. The number of hydrogen-bond donors (Lipinski definition) is 2. The number of thiazole rings is 1. The maximum atomic E-state index is 5.82. The van der Waals surface area contributed by atoms with Crippen molar-refractivity contribution >= 4 is 22.7 Å². The third-order valence-corrected chi connectivity index (χ3v) is 2.99. The smallest absolute Gasteiger partial charge is 0.112 e. The summed E-state index contributed by atoms with van der Waals surface area (Å²) in [5.74, 6) is 0. The molecule has 0 bridgehead atoms. The number of nitrogens with two attached hydrogens (primary N) is 1. The number of nitrogens with one attached hydrogen (secondary N) is 1. The maximum Gasteiger partial charge on any atom is 0.112 e. The van der Waals surface area contributed by atoms with Gasteiger partial charge in [0.2, 0.25) is 0 Å². The Labute approximate surface area is 93.0 Å². The van der Waals surface area contributed by atoms with Crippen LogP contribution in [0.1, 0.15) is 10.6 Å². The molecule has 0 aliphatic heterocycles. The first-order valence-corrected chi connectivity index (χ1v) is 5.62. The highest BCUT2D eigenvalue weighted by Gasteiger charge is 1.98. The Kier molecular flexibility index (Phi) is 2.87. The predicted molar refractivity (Wildman–Crippen MR) is 65.0 cm³/mol. The van der Waals surface area contributed by atoms with E-state index in [4.69, 9.17) is 5.73 Å². The van der Waals surface area contributed by atoms with Crippen molar-refractivity contribution in [1.82, 2.24) is 4.98 Å². The van der Waals surface area contributed by atoms with Crippen molar-refractivity contribution in [3.63, 3.8) is 0 Å². The number of nitrogens with zero attached hydrogens (tertiary/aromatic N) is 1. The van der Waals surface area contributed by atoms with Crippen molar-refractivity contribution in [2.75, 3.05) is 11.1 Å². The molecule has 78 valence electrons. The number of benzene rings is 1. The lowest BCUT2D eigenvalue weighted by molar-refractivity contribution is 1.10. The minimum atomic E-state index is 0.750. The molecule has 0 aliphatic rings. The lowest BCUT2D eigenvalue weighted by Crippen LogP contribution is -2.00. The van der Waals surface area contributed by atoms with Crippen molar-refractivity contribution in [2.24, 2.45) is 0 Å². The van der Waals surface area contributed by atoms with Crippen LogP contribution in [0, 0.1) is 6.92 Å². The normalized spacial score (nSPS) is 10.2. The van der Waals surface area contributed by atoms with Crippen LogP contribution in [0.15, 0.2) is 29.8 Å². The van der Waals surface area contributed by atoms with E-state index in [1.807, 2.05) is 36.7 Å². The molecule has 1 aromatic heterocycles. The zero-order valence-corrected chi connectivity index (χ0v) is 9.34. The van der Waals surface area contributed by atoms with Crippen LogP contribution < -0.4 is 11.1 Å². The Morgan fingerprint density at radius 1 is 1.47 bits per heavy atom. The molecule has 0 unspecified atom stereocenters. The van der Waals surface area contributed by atoms with E-state index in [1.54, 1.807) is 11.3 Å². The van der Waals surface area contributed by atoms with Crippen molar-refractivity contribution in [1.29, 1.82) is 0 Å². The predicted octanol–water partition coefficient (Wildman–Crippen LogP) is 2.65. The first-order chi connectivity index (χ1) is 7.25. The second kappa shape index (κ2) is 4.31. The summed E-state index contributed by atoms with van der Waals surface area (Å²) in [4.78, 5) is 4.20. The van der Waals surface area contributed by atoms with Gasteiger partial charge in [-0.1, -0.05) is 6.07 Å². The molecule has 3 nitrogen and oxygen atoms in total. The summed E-state index contributed by atoms with van der Waals surface area (Å²) in [7, 11) is 0. The highest BCUT2D eigenvalue weighted by molar-refractivity contribution is 7.09. The second-order valence-corrected chi connectivity index (χ2v) is 4.33. The molecule has 0 saturated carbocycles. The van der Waals surface area contributed by atoms with Crippen LogP contribution in [-0.4, -0.2) is 4.98 Å². The van der Waals surface area contributed by atoms with Gasteiger partial charge in [-0.2, -0.15) is 0 Å². The van der Waals surface area contributed by atoms with Crippen molar-refractivity contribution in [2.45, 2.75) is 13.5 Å². The van der Waals surface area contributed by atoms with Crippen LogP contribution in [0.3, 0.4) is 0 Å². The average Bonchev–Trinajstić information content (AvgIpc) is 2.73. The van der Waals surface area contributed by atoms with Crippen LogP contribution >= 0.6 is 11.3 Å². The Morgan fingerprint density at radius 3 is 3.00 bits per heavy atom. The topological polar surface area (TPSA) is 50.9 Å². The molecule has 2 aromatic rings. The number of hydrogen-bond acceptors (Lipinski definition) is 4. The largest absolute Gasteiger partial charge is 0.398 e. The third kappa shape index (κ3) is 2.47. The van der Waals surface area contributed by atoms with E-state index in [0.717, 1.165) is 28.5 Å². The van der Waals surface area contributed by atoms with E-state index in [2.05, 4.69) is 10.3 Å². The minimum Gasteiger partial charge on any atom is -0.398 e. The number of aryl methyl sites for hydroxylation is 1. The van der Waals surface area contributed by atoms with Gasteiger partial charge in [0.05, 0.1) is 6.54 Å². The lowest BCUT2D eigenvalue weighted by atomic mass is 10.2. The molecule has 4 heteroatoms. The van der Waals surface area contributed by atoms with Gasteiger partial charge in [0.15, 0.2) is 0 Å². The highest BCUT2D eigenvalue weighted by atomic mass is 32.1. The molecule has 0 aliphatic carbocycles. The molecule has 1 heterocycles. The summed E-state index contributed by atoms with van der Waals surface area (Å²) in [6.45, 7) is 2.75. The van der Waals surface area contributed by atoms with Gasteiger partial charge in [-0.15, -0.1) is 11.3 Å². The summed E-state index contributed by atoms with van der Waals surface area (Å²) in [5, 5.41) is 6.33. The lowest BCUT2D eigenvalue weighted by Gasteiger charge is -2.06. The molecule has 15 heavy (non-hydrogen) atoms. The number of aromatic nitrogens is 1. The van der Waals surface area contributed by atoms with Crippen molar-refractivity contribution < 1.29 is 0 Å². The highest BCUT2D eigenvalue weighted by Crippen LogP contribution is 2.17. The molecule has 0 spiro atoms. The van der Waals surface area contributed by atoms with Crippen LogP contribution in [0.25, 0.3) is 0 Å². The van der Waals surface area contributed by atoms with E-state index in [1.165, 1.54) is 0 Å². The molecular formula is C11H13N3S. The fourth-order valence-electron chi connectivity index (χ4n) is 1.27. The fraction of sp³-hybridized carbons (Fsp3) is 0.182. The summed E-state index contributed by atoms with van der Waals surface area (Å²) in [5.41, 5.74) is 8.78. The van der Waals surface area contributed by atoms with Gasteiger partial charge in [0.1, 0.15) is 5.01 Å². The van der Waals surface area contributed by atoms with Crippen LogP contribution in [-0.2, 0) is 6.54 Å². The summed E-state index contributed by atoms with van der Waals surface area (Å²) >= 11 is 1.64. The van der Waals surface area contributed by atoms with Crippen LogP contribution in [0.4, 0.5) is 11.4 Å². The number of rotatable bonds is 3. The zero-order chi connectivity index (χ0) is 10.7. The molecule has 3 N–H and O–H groups in total. The van der Waals surface area contributed by atoms with Crippen molar-refractivity contribution in [3.05, 3.63) is 40.3 Å². The zero-order valence-electron chi connectivity index (χ0n) is 8.53. The standard InChI is InChI=1S/C11H13N3S/c1-8-2-3-9(6-10(8)12)14-7-11-13-4-5-15-11/h2-6,14H,7,12H2,1H3. The quantitative estimate of drug-likeness (QED) is 0.780. The Morgan fingerprint density at radius 2 is 2.33 bits per heavy atom. The van der Waals surface area contributed by atoms with E-state index >= 15 is 0 Å². The Bertz CT molecular complexity index is 437. The maximum absolute atomic E-state index is 5.82. The number of anilines is 2. The SMILES string of the molecule is Cc1ccc(NCc2nccs2)cc1N. The second-order valence-electron chi connectivity index (χ2n) is 3.35. The number of nitrogen functional groups attached to an aromatic ring is 1. The van der Waals surface area contributed by atoms with Gasteiger partial charge in [-0.25, -0.2) is 4.98 Å². The van der Waals surface area contributed by atoms with Gasteiger partial charge in [-0.3, -0.25) is 0 Å². The Balaban J connectivity index is 2.02. The fourth-order valence-corrected chi connectivity index (χ4v) is 1.82. The molecule has 0 fully saturated rings.